The number of halogens is 2. The monoisotopic (exact) mass is 321 g/mol. The van der Waals surface area contributed by atoms with Crippen LogP contribution in [0, 0.1) is 12.7 Å². The number of hydrogen-bond acceptors (Lipinski definition) is 1. The largest absolute Gasteiger partial charge is 0.313 e. The molecular weight excluding hydrogens is 305 g/mol. The second-order valence-electron chi connectivity index (χ2n) is 4.73. The zero-order valence-corrected chi connectivity index (χ0v) is 12.7. The number of benzene rings is 2. The fraction of sp³-hybridized carbons (Fsp3) is 0.250. The minimum atomic E-state index is -0.205. The summed E-state index contributed by atoms with van der Waals surface area (Å²) in [7, 11) is 1.93. The average molecular weight is 322 g/mol. The van der Waals surface area contributed by atoms with E-state index < -0.39 is 0 Å². The first-order chi connectivity index (χ1) is 9.08. The van der Waals surface area contributed by atoms with Crippen molar-refractivity contribution in [1.82, 2.24) is 5.32 Å². The summed E-state index contributed by atoms with van der Waals surface area (Å²) in [4.78, 5) is 0. The zero-order chi connectivity index (χ0) is 13.8. The lowest BCUT2D eigenvalue weighted by atomic mass is 9.98. The second-order valence-corrected chi connectivity index (χ2v) is 5.65. The van der Waals surface area contributed by atoms with Crippen LogP contribution in [0.1, 0.15) is 22.7 Å². The topological polar surface area (TPSA) is 12.0 Å². The fourth-order valence-corrected chi connectivity index (χ4v) is 2.66. The van der Waals surface area contributed by atoms with Crippen LogP contribution in [-0.2, 0) is 6.42 Å². The molecule has 19 heavy (non-hydrogen) atoms. The van der Waals surface area contributed by atoms with Gasteiger partial charge in [0.05, 0.1) is 0 Å². The Balaban J connectivity index is 2.21. The summed E-state index contributed by atoms with van der Waals surface area (Å²) in [6.45, 7) is 2.07. The van der Waals surface area contributed by atoms with E-state index in [-0.39, 0.29) is 11.9 Å². The average Bonchev–Trinajstić information content (AvgIpc) is 2.36. The molecular formula is C16H17BrFN. The van der Waals surface area contributed by atoms with Gasteiger partial charge in [0.15, 0.2) is 0 Å². The lowest BCUT2D eigenvalue weighted by molar-refractivity contribution is 0.583. The Bertz CT molecular complexity index is 531. The minimum Gasteiger partial charge on any atom is -0.313 e. The molecule has 0 spiro atoms. The summed E-state index contributed by atoms with van der Waals surface area (Å²) in [5, 5.41) is 3.29. The molecule has 1 atom stereocenters. The van der Waals surface area contributed by atoms with Crippen LogP contribution < -0.4 is 5.32 Å². The minimum absolute atomic E-state index is 0.189. The van der Waals surface area contributed by atoms with Gasteiger partial charge in [-0.3, -0.25) is 0 Å². The molecule has 2 aromatic carbocycles. The first kappa shape index (κ1) is 14.2. The van der Waals surface area contributed by atoms with Crippen molar-refractivity contribution in [2.45, 2.75) is 19.4 Å². The van der Waals surface area contributed by atoms with E-state index in [0.717, 1.165) is 16.5 Å². The van der Waals surface area contributed by atoms with Crippen LogP contribution in [0.2, 0.25) is 0 Å². The maximum atomic E-state index is 13.4. The Kier molecular flexibility index (Phi) is 4.72. The van der Waals surface area contributed by atoms with Crippen molar-refractivity contribution in [2.75, 3.05) is 7.05 Å². The maximum Gasteiger partial charge on any atom is 0.124 e. The summed E-state index contributed by atoms with van der Waals surface area (Å²) in [6, 6.07) is 13.6. The van der Waals surface area contributed by atoms with Gasteiger partial charge in [0.25, 0.3) is 0 Å². The SMILES string of the molecule is CNC(Cc1cc(F)cc(Br)c1)c1ccc(C)cc1. The van der Waals surface area contributed by atoms with Crippen molar-refractivity contribution in [2.24, 2.45) is 0 Å². The first-order valence-electron chi connectivity index (χ1n) is 6.27. The van der Waals surface area contributed by atoms with Crippen LogP contribution in [0.3, 0.4) is 0 Å². The van der Waals surface area contributed by atoms with Crippen LogP contribution in [-0.4, -0.2) is 7.05 Å². The molecule has 1 N–H and O–H groups in total. The van der Waals surface area contributed by atoms with Crippen LogP contribution in [0.25, 0.3) is 0 Å². The third-order valence-corrected chi connectivity index (χ3v) is 3.65. The Hall–Kier alpha value is -1.19. The summed E-state index contributed by atoms with van der Waals surface area (Å²) >= 11 is 3.33. The van der Waals surface area contributed by atoms with Crippen molar-refractivity contribution in [3.63, 3.8) is 0 Å². The number of nitrogens with one attached hydrogen (secondary N) is 1. The molecule has 100 valence electrons. The Morgan fingerprint density at radius 2 is 1.84 bits per heavy atom. The normalized spacial score (nSPS) is 12.4. The van der Waals surface area contributed by atoms with E-state index in [9.17, 15) is 4.39 Å². The highest BCUT2D eigenvalue weighted by Gasteiger charge is 2.11. The van der Waals surface area contributed by atoms with Gasteiger partial charge in [0.2, 0.25) is 0 Å². The van der Waals surface area contributed by atoms with Crippen LogP contribution in [0.5, 0.6) is 0 Å². The summed E-state index contributed by atoms with van der Waals surface area (Å²) in [5.74, 6) is -0.205. The molecule has 0 aliphatic rings. The van der Waals surface area contributed by atoms with Crippen molar-refractivity contribution in [3.05, 3.63) is 69.4 Å². The molecule has 0 radical (unpaired) electrons. The van der Waals surface area contributed by atoms with Gasteiger partial charge in [-0.2, -0.15) is 0 Å². The van der Waals surface area contributed by atoms with Crippen molar-refractivity contribution in [1.29, 1.82) is 0 Å². The van der Waals surface area contributed by atoms with Gasteiger partial charge < -0.3 is 5.32 Å². The molecule has 2 rings (SSSR count). The number of aryl methyl sites for hydroxylation is 1. The molecule has 1 unspecified atom stereocenters. The predicted molar refractivity (Wildman–Crippen MR) is 80.8 cm³/mol. The lowest BCUT2D eigenvalue weighted by Crippen LogP contribution is -2.18. The molecule has 0 aliphatic heterocycles. The van der Waals surface area contributed by atoms with Crippen LogP contribution in [0.4, 0.5) is 4.39 Å². The second kappa shape index (κ2) is 6.31. The molecule has 0 saturated carbocycles. The highest BCUT2D eigenvalue weighted by Crippen LogP contribution is 2.22. The quantitative estimate of drug-likeness (QED) is 0.880. The third kappa shape index (κ3) is 3.88. The first-order valence-corrected chi connectivity index (χ1v) is 7.06. The Labute approximate surface area is 122 Å². The molecule has 0 amide bonds. The van der Waals surface area contributed by atoms with Gasteiger partial charge in [-0.05, 0) is 49.7 Å². The van der Waals surface area contributed by atoms with Gasteiger partial charge in [0.1, 0.15) is 5.82 Å². The molecule has 2 aromatic rings. The van der Waals surface area contributed by atoms with E-state index >= 15 is 0 Å². The van der Waals surface area contributed by atoms with E-state index in [1.165, 1.54) is 17.2 Å². The molecule has 1 nitrogen and oxygen atoms in total. The number of likely N-dealkylation sites (N-methyl/N-ethyl adjacent to an activating group) is 1. The highest BCUT2D eigenvalue weighted by molar-refractivity contribution is 9.10. The van der Waals surface area contributed by atoms with Gasteiger partial charge in [0, 0.05) is 10.5 Å². The fourth-order valence-electron chi connectivity index (χ4n) is 2.15. The van der Waals surface area contributed by atoms with E-state index in [2.05, 4.69) is 52.4 Å². The smallest absolute Gasteiger partial charge is 0.124 e. The highest BCUT2D eigenvalue weighted by atomic mass is 79.9. The molecule has 0 aliphatic carbocycles. The predicted octanol–water partition coefficient (Wildman–Crippen LogP) is 4.40. The standard InChI is InChI=1S/C16H17BrFN/c1-11-3-5-13(6-4-11)16(19-2)9-12-7-14(17)10-15(18)8-12/h3-8,10,16,19H,9H2,1-2H3. The zero-order valence-electron chi connectivity index (χ0n) is 11.1. The maximum absolute atomic E-state index is 13.4. The van der Waals surface area contributed by atoms with Crippen molar-refractivity contribution >= 4 is 15.9 Å². The summed E-state index contributed by atoms with van der Waals surface area (Å²) < 4.78 is 14.2. The van der Waals surface area contributed by atoms with Gasteiger partial charge in [-0.15, -0.1) is 0 Å². The molecule has 0 aromatic heterocycles. The summed E-state index contributed by atoms with van der Waals surface area (Å²) in [5.41, 5.74) is 3.44. The van der Waals surface area contributed by atoms with Gasteiger partial charge in [-0.25, -0.2) is 4.39 Å². The van der Waals surface area contributed by atoms with E-state index in [0.29, 0.717) is 0 Å². The molecule has 0 bridgehead atoms. The van der Waals surface area contributed by atoms with E-state index in [4.69, 9.17) is 0 Å². The van der Waals surface area contributed by atoms with Gasteiger partial charge in [-0.1, -0.05) is 45.8 Å². The van der Waals surface area contributed by atoms with Crippen LogP contribution >= 0.6 is 15.9 Å². The molecule has 0 saturated heterocycles. The number of hydrogen-bond donors (Lipinski definition) is 1. The van der Waals surface area contributed by atoms with E-state index in [1.807, 2.05) is 13.1 Å². The Morgan fingerprint density at radius 1 is 1.16 bits per heavy atom. The third-order valence-electron chi connectivity index (χ3n) is 3.19. The summed E-state index contributed by atoms with van der Waals surface area (Å²) in [6.07, 6.45) is 0.760. The van der Waals surface area contributed by atoms with Crippen molar-refractivity contribution in [3.8, 4) is 0 Å². The lowest BCUT2D eigenvalue weighted by Gasteiger charge is -2.17. The van der Waals surface area contributed by atoms with Crippen molar-refractivity contribution < 1.29 is 4.39 Å². The Morgan fingerprint density at radius 3 is 2.42 bits per heavy atom. The van der Waals surface area contributed by atoms with Gasteiger partial charge >= 0.3 is 0 Å². The van der Waals surface area contributed by atoms with Crippen LogP contribution in [0.15, 0.2) is 46.9 Å². The number of rotatable bonds is 4. The molecule has 0 fully saturated rings. The van der Waals surface area contributed by atoms with E-state index in [1.54, 1.807) is 6.07 Å². The molecule has 0 heterocycles. The molecule has 3 heteroatoms.